The molecule has 0 heterocycles. The molecule has 0 bridgehead atoms. The van der Waals surface area contributed by atoms with Crippen LogP contribution in [0.5, 0.6) is 0 Å². The molecule has 1 N–H and O–H groups in total. The molecule has 3 heteroatoms. The molecule has 0 aliphatic carbocycles. The first-order valence-electron chi connectivity index (χ1n) is 3.93. The molecule has 0 aliphatic rings. The first-order chi connectivity index (χ1) is 5.63. The van der Waals surface area contributed by atoms with Gasteiger partial charge in [-0.25, -0.2) is 0 Å². The van der Waals surface area contributed by atoms with E-state index in [9.17, 15) is 9.59 Å². The minimum absolute atomic E-state index is 0.208. The van der Waals surface area contributed by atoms with Gasteiger partial charge in [-0.3, -0.25) is 4.79 Å². The molecule has 0 rings (SSSR count). The number of carbonyl (C=O) groups is 2. The topological polar surface area (TPSA) is 54.4 Å². The van der Waals surface area contributed by atoms with Crippen molar-refractivity contribution >= 4 is 12.3 Å². The van der Waals surface area contributed by atoms with Gasteiger partial charge in [0.05, 0.1) is 0 Å². The van der Waals surface area contributed by atoms with Crippen LogP contribution in [-0.2, 0) is 9.59 Å². The van der Waals surface area contributed by atoms with Gasteiger partial charge in [-0.15, -0.1) is 6.58 Å². The Morgan fingerprint density at radius 1 is 1.67 bits per heavy atom. The van der Waals surface area contributed by atoms with Crippen LogP contribution in [0.15, 0.2) is 12.7 Å². The predicted molar refractivity (Wildman–Crippen MR) is 45.9 cm³/mol. The van der Waals surface area contributed by atoms with Crippen molar-refractivity contribution in [3.8, 4) is 0 Å². The number of aliphatic carboxylic acids is 1. The molecule has 1 atom stereocenters. The number of hydrogen-bond acceptors (Lipinski definition) is 2. The summed E-state index contributed by atoms with van der Waals surface area (Å²) >= 11 is 0. The van der Waals surface area contributed by atoms with Crippen molar-refractivity contribution in [3.63, 3.8) is 0 Å². The monoisotopic (exact) mass is 170 g/mol. The summed E-state index contributed by atoms with van der Waals surface area (Å²) in [7, 11) is 0. The van der Waals surface area contributed by atoms with Crippen LogP contribution in [0.4, 0.5) is 0 Å². The Balaban J connectivity index is 4.61. The molecule has 0 aromatic carbocycles. The largest absolute Gasteiger partial charge is 0.480 e. The van der Waals surface area contributed by atoms with Gasteiger partial charge >= 0.3 is 5.97 Å². The lowest BCUT2D eigenvalue weighted by atomic mass is 9.82. The number of hydrogen-bond donors (Lipinski definition) is 1. The average Bonchev–Trinajstić information content (AvgIpc) is 2.03. The number of allylic oxidation sites excluding steroid dienone is 1. The third-order valence-electron chi connectivity index (χ3n) is 1.86. The Hall–Kier alpha value is -1.12. The van der Waals surface area contributed by atoms with Crippen molar-refractivity contribution in [1.82, 2.24) is 0 Å². The van der Waals surface area contributed by atoms with Crippen LogP contribution in [0.1, 0.15) is 26.2 Å². The van der Waals surface area contributed by atoms with Crippen molar-refractivity contribution in [3.05, 3.63) is 12.7 Å². The van der Waals surface area contributed by atoms with Crippen molar-refractivity contribution in [1.29, 1.82) is 0 Å². The van der Waals surface area contributed by atoms with Crippen molar-refractivity contribution in [2.75, 3.05) is 0 Å². The quantitative estimate of drug-likeness (QED) is 0.374. The van der Waals surface area contributed by atoms with E-state index in [4.69, 9.17) is 5.11 Å². The summed E-state index contributed by atoms with van der Waals surface area (Å²) in [4.78, 5) is 21.4. The first-order valence-corrected chi connectivity index (χ1v) is 3.93. The fourth-order valence-corrected chi connectivity index (χ4v) is 1.16. The van der Waals surface area contributed by atoms with Gasteiger partial charge in [-0.1, -0.05) is 19.4 Å². The molecule has 0 aromatic heterocycles. The van der Waals surface area contributed by atoms with E-state index < -0.39 is 11.4 Å². The first kappa shape index (κ1) is 10.9. The van der Waals surface area contributed by atoms with E-state index in [1.54, 1.807) is 0 Å². The van der Waals surface area contributed by atoms with E-state index in [0.29, 0.717) is 19.1 Å². The highest BCUT2D eigenvalue weighted by molar-refractivity contribution is 5.92. The minimum Gasteiger partial charge on any atom is -0.480 e. The van der Waals surface area contributed by atoms with Gasteiger partial charge in [0, 0.05) is 0 Å². The Kier molecular flexibility index (Phi) is 4.26. The Morgan fingerprint density at radius 2 is 2.25 bits per heavy atom. The molecule has 3 nitrogen and oxygen atoms in total. The maximum absolute atomic E-state index is 10.8. The summed E-state index contributed by atoms with van der Waals surface area (Å²) in [6.45, 7) is 5.29. The average molecular weight is 170 g/mol. The number of rotatable bonds is 6. The summed E-state index contributed by atoms with van der Waals surface area (Å²) in [6, 6.07) is 0. The molecule has 0 saturated carbocycles. The molecule has 0 spiro atoms. The number of carbonyl (C=O) groups excluding carboxylic acids is 1. The molecule has 0 aromatic rings. The second-order valence-corrected chi connectivity index (χ2v) is 2.82. The molecular weight excluding hydrogens is 156 g/mol. The molecule has 0 amide bonds. The van der Waals surface area contributed by atoms with Crippen LogP contribution in [-0.4, -0.2) is 17.4 Å². The van der Waals surface area contributed by atoms with Crippen LogP contribution >= 0.6 is 0 Å². The Morgan fingerprint density at radius 3 is 2.50 bits per heavy atom. The second kappa shape index (κ2) is 4.70. The Labute approximate surface area is 72.1 Å². The number of carboxylic acids is 1. The zero-order valence-electron chi connectivity index (χ0n) is 7.25. The summed E-state index contributed by atoms with van der Waals surface area (Å²) in [6.07, 6.45) is 3.25. The smallest absolute Gasteiger partial charge is 0.317 e. The van der Waals surface area contributed by atoms with E-state index in [1.165, 1.54) is 6.08 Å². The molecular formula is C9H14O3. The van der Waals surface area contributed by atoms with E-state index in [1.807, 2.05) is 6.92 Å². The molecule has 0 aliphatic heterocycles. The molecule has 68 valence electrons. The SMILES string of the molecule is C=CCC(C=O)(CCC)C(=O)O. The fraction of sp³-hybridized carbons (Fsp3) is 0.556. The molecule has 12 heavy (non-hydrogen) atoms. The highest BCUT2D eigenvalue weighted by atomic mass is 16.4. The third kappa shape index (κ3) is 2.19. The molecule has 1 unspecified atom stereocenters. The maximum atomic E-state index is 10.8. The van der Waals surface area contributed by atoms with Crippen molar-refractivity contribution in [2.24, 2.45) is 5.41 Å². The number of carboxylic acid groups (broad SMARTS) is 1. The third-order valence-corrected chi connectivity index (χ3v) is 1.86. The van der Waals surface area contributed by atoms with E-state index in [-0.39, 0.29) is 6.42 Å². The van der Waals surface area contributed by atoms with Gasteiger partial charge in [-0.2, -0.15) is 0 Å². The summed E-state index contributed by atoms with van der Waals surface area (Å²) in [5.74, 6) is -1.06. The van der Waals surface area contributed by atoms with E-state index in [2.05, 4.69) is 6.58 Å². The lowest BCUT2D eigenvalue weighted by Gasteiger charge is -2.20. The molecule has 0 radical (unpaired) electrons. The van der Waals surface area contributed by atoms with Gasteiger partial charge in [0.25, 0.3) is 0 Å². The standard InChI is InChI=1S/C9H14O3/c1-3-5-9(7-10,6-4-2)8(11)12/h3,7H,1,4-6H2,2H3,(H,11,12). The van der Waals surface area contributed by atoms with E-state index >= 15 is 0 Å². The van der Waals surface area contributed by atoms with E-state index in [0.717, 1.165) is 0 Å². The highest BCUT2D eigenvalue weighted by Gasteiger charge is 2.35. The summed E-state index contributed by atoms with van der Waals surface area (Å²) < 4.78 is 0. The highest BCUT2D eigenvalue weighted by Crippen LogP contribution is 2.26. The summed E-state index contributed by atoms with van der Waals surface area (Å²) in [5, 5.41) is 8.81. The van der Waals surface area contributed by atoms with Crippen LogP contribution in [0.2, 0.25) is 0 Å². The van der Waals surface area contributed by atoms with Crippen LogP contribution < -0.4 is 0 Å². The van der Waals surface area contributed by atoms with Gasteiger partial charge in [0.2, 0.25) is 0 Å². The van der Waals surface area contributed by atoms with Gasteiger partial charge < -0.3 is 9.90 Å². The summed E-state index contributed by atoms with van der Waals surface area (Å²) in [5.41, 5.74) is -1.24. The zero-order valence-corrected chi connectivity index (χ0v) is 7.25. The fourth-order valence-electron chi connectivity index (χ4n) is 1.16. The predicted octanol–water partition coefficient (Wildman–Crippen LogP) is 1.63. The van der Waals surface area contributed by atoms with Crippen molar-refractivity contribution in [2.45, 2.75) is 26.2 Å². The van der Waals surface area contributed by atoms with Gasteiger partial charge in [0.1, 0.15) is 11.7 Å². The van der Waals surface area contributed by atoms with Crippen molar-refractivity contribution < 1.29 is 14.7 Å². The molecule has 0 saturated heterocycles. The van der Waals surface area contributed by atoms with Crippen LogP contribution in [0.25, 0.3) is 0 Å². The minimum atomic E-state index is -1.24. The lowest BCUT2D eigenvalue weighted by Crippen LogP contribution is -2.32. The Bertz CT molecular complexity index is 186. The molecule has 0 fully saturated rings. The van der Waals surface area contributed by atoms with Crippen LogP contribution in [0, 0.1) is 5.41 Å². The normalized spacial score (nSPS) is 14.8. The van der Waals surface area contributed by atoms with Crippen LogP contribution in [0.3, 0.4) is 0 Å². The second-order valence-electron chi connectivity index (χ2n) is 2.82. The van der Waals surface area contributed by atoms with Gasteiger partial charge in [-0.05, 0) is 12.8 Å². The lowest BCUT2D eigenvalue weighted by molar-refractivity contribution is -0.151. The van der Waals surface area contributed by atoms with Gasteiger partial charge in [0.15, 0.2) is 0 Å². The zero-order chi connectivity index (χ0) is 9.61. The maximum Gasteiger partial charge on any atom is 0.317 e. The number of aldehydes is 1.